The highest BCUT2D eigenvalue weighted by Crippen LogP contribution is 2.30. The summed E-state index contributed by atoms with van der Waals surface area (Å²) in [6, 6.07) is 11.0. The first-order valence-electron chi connectivity index (χ1n) is 6.18. The Hall–Kier alpha value is -1.40. The average Bonchev–Trinajstić information content (AvgIpc) is 2.40. The summed E-state index contributed by atoms with van der Waals surface area (Å²) in [6.45, 7) is 3.56. The molecule has 104 valence electrons. The number of aliphatic hydroxyl groups excluding tert-OH is 1. The maximum atomic E-state index is 11.5. The normalized spacial score (nSPS) is 12.2. The lowest BCUT2D eigenvalue weighted by Gasteiger charge is -2.18. The van der Waals surface area contributed by atoms with Crippen LogP contribution in [0.4, 0.5) is 0 Å². The van der Waals surface area contributed by atoms with Crippen molar-refractivity contribution in [2.24, 2.45) is 0 Å². The van der Waals surface area contributed by atoms with Crippen LogP contribution >= 0.6 is 22.6 Å². The van der Waals surface area contributed by atoms with Gasteiger partial charge in [0.1, 0.15) is 6.10 Å². The Balaban J connectivity index is 2.59. The molecule has 0 saturated heterocycles. The van der Waals surface area contributed by atoms with Crippen LogP contribution in [0.2, 0.25) is 0 Å². The van der Waals surface area contributed by atoms with Crippen LogP contribution in [0.1, 0.15) is 38.7 Å². The number of carboxylic acid groups (broad SMARTS) is 1. The van der Waals surface area contributed by atoms with Crippen LogP contribution in [0, 0.1) is 17.4 Å². The monoisotopic (exact) mass is 382 g/mol. The number of hydrogen-bond acceptors (Lipinski definition) is 2. The van der Waals surface area contributed by atoms with E-state index in [9.17, 15) is 15.0 Å². The molecule has 0 aliphatic heterocycles. The largest absolute Gasteiger partial charge is 0.478 e. The van der Waals surface area contributed by atoms with E-state index < -0.39 is 12.1 Å². The maximum absolute atomic E-state index is 11.5. The van der Waals surface area contributed by atoms with Gasteiger partial charge in [-0.2, -0.15) is 0 Å². The molecule has 20 heavy (non-hydrogen) atoms. The number of hydrogen-bond donors (Lipinski definition) is 2. The second-order valence-corrected chi connectivity index (χ2v) is 5.99. The molecule has 0 heterocycles. The van der Waals surface area contributed by atoms with Gasteiger partial charge in [0.15, 0.2) is 0 Å². The van der Waals surface area contributed by atoms with Crippen molar-refractivity contribution in [3.05, 3.63) is 67.8 Å². The molecule has 4 heteroatoms. The van der Waals surface area contributed by atoms with Crippen molar-refractivity contribution >= 4 is 28.6 Å². The third kappa shape index (κ3) is 2.86. The quantitative estimate of drug-likeness (QED) is 0.797. The van der Waals surface area contributed by atoms with Crippen LogP contribution in [0.15, 0.2) is 36.4 Å². The minimum Gasteiger partial charge on any atom is -0.478 e. The van der Waals surface area contributed by atoms with Gasteiger partial charge in [-0.15, -0.1) is 0 Å². The Morgan fingerprint density at radius 1 is 1.05 bits per heavy atom. The molecule has 0 saturated carbocycles. The second kappa shape index (κ2) is 5.93. The van der Waals surface area contributed by atoms with Crippen LogP contribution in [0.5, 0.6) is 0 Å². The van der Waals surface area contributed by atoms with E-state index in [1.165, 1.54) is 0 Å². The van der Waals surface area contributed by atoms with Gasteiger partial charge >= 0.3 is 5.97 Å². The van der Waals surface area contributed by atoms with E-state index in [0.29, 0.717) is 16.7 Å². The molecule has 2 aromatic carbocycles. The smallest absolute Gasteiger partial charge is 0.336 e. The highest BCUT2D eigenvalue weighted by Gasteiger charge is 2.22. The SMILES string of the molecule is Cc1ccc(C)c(C(O)c2ccc(I)cc2)c1C(=O)O. The van der Waals surface area contributed by atoms with Gasteiger partial charge in [0.25, 0.3) is 0 Å². The van der Waals surface area contributed by atoms with Crippen molar-refractivity contribution < 1.29 is 15.0 Å². The van der Waals surface area contributed by atoms with E-state index in [-0.39, 0.29) is 5.56 Å². The number of benzene rings is 2. The zero-order chi connectivity index (χ0) is 14.9. The molecule has 0 amide bonds. The van der Waals surface area contributed by atoms with Gasteiger partial charge in [-0.1, -0.05) is 24.3 Å². The first kappa shape index (κ1) is 15.0. The van der Waals surface area contributed by atoms with E-state index in [4.69, 9.17) is 0 Å². The third-order valence-electron chi connectivity index (χ3n) is 3.34. The fourth-order valence-electron chi connectivity index (χ4n) is 2.28. The lowest BCUT2D eigenvalue weighted by molar-refractivity contribution is 0.0690. The Labute approximate surface area is 131 Å². The van der Waals surface area contributed by atoms with Crippen LogP contribution in [-0.4, -0.2) is 16.2 Å². The predicted molar refractivity (Wildman–Crippen MR) is 86.1 cm³/mol. The number of halogens is 1. The van der Waals surface area contributed by atoms with Gasteiger partial charge in [-0.05, 0) is 65.3 Å². The Morgan fingerprint density at radius 2 is 1.60 bits per heavy atom. The number of aryl methyl sites for hydroxylation is 2. The zero-order valence-corrected chi connectivity index (χ0v) is 13.4. The minimum atomic E-state index is -1.01. The van der Waals surface area contributed by atoms with Gasteiger partial charge < -0.3 is 10.2 Å². The number of aromatic carboxylic acids is 1. The van der Waals surface area contributed by atoms with E-state index in [1.54, 1.807) is 13.0 Å². The standard InChI is InChI=1S/C16H15IO3/c1-9-3-4-10(2)14(16(19)20)13(9)15(18)11-5-7-12(17)8-6-11/h3-8,15,18H,1-2H3,(H,19,20). The zero-order valence-electron chi connectivity index (χ0n) is 11.2. The van der Waals surface area contributed by atoms with Crippen molar-refractivity contribution in [2.75, 3.05) is 0 Å². The molecule has 0 radical (unpaired) electrons. The maximum Gasteiger partial charge on any atom is 0.336 e. The molecule has 1 unspecified atom stereocenters. The summed E-state index contributed by atoms with van der Waals surface area (Å²) >= 11 is 2.19. The summed E-state index contributed by atoms with van der Waals surface area (Å²) in [5.74, 6) is -1.01. The fourth-order valence-corrected chi connectivity index (χ4v) is 2.64. The van der Waals surface area contributed by atoms with Crippen molar-refractivity contribution in [3.63, 3.8) is 0 Å². The number of aliphatic hydroxyl groups is 1. The molecule has 0 bridgehead atoms. The topological polar surface area (TPSA) is 57.5 Å². The molecule has 0 aromatic heterocycles. The van der Waals surface area contributed by atoms with Crippen molar-refractivity contribution in [1.82, 2.24) is 0 Å². The predicted octanol–water partition coefficient (Wildman–Crippen LogP) is 3.69. The van der Waals surface area contributed by atoms with Crippen molar-refractivity contribution in [3.8, 4) is 0 Å². The molecule has 0 aliphatic carbocycles. The summed E-state index contributed by atoms with van der Waals surface area (Å²) in [7, 11) is 0. The van der Waals surface area contributed by atoms with E-state index in [0.717, 1.165) is 9.13 Å². The molecule has 3 nitrogen and oxygen atoms in total. The van der Waals surface area contributed by atoms with Crippen LogP contribution < -0.4 is 0 Å². The average molecular weight is 382 g/mol. The van der Waals surface area contributed by atoms with Gasteiger partial charge in [0.05, 0.1) is 5.56 Å². The Bertz CT molecular complexity index is 648. The van der Waals surface area contributed by atoms with Crippen LogP contribution in [-0.2, 0) is 0 Å². The van der Waals surface area contributed by atoms with Gasteiger partial charge in [-0.3, -0.25) is 0 Å². The highest BCUT2D eigenvalue weighted by atomic mass is 127. The Morgan fingerprint density at radius 3 is 2.15 bits per heavy atom. The fraction of sp³-hybridized carbons (Fsp3) is 0.188. The van der Waals surface area contributed by atoms with Crippen molar-refractivity contribution in [1.29, 1.82) is 0 Å². The number of rotatable bonds is 3. The molecule has 1 atom stereocenters. The first-order chi connectivity index (χ1) is 9.41. The highest BCUT2D eigenvalue weighted by molar-refractivity contribution is 14.1. The van der Waals surface area contributed by atoms with Gasteiger partial charge in [0, 0.05) is 9.13 Å². The van der Waals surface area contributed by atoms with Crippen LogP contribution in [0.3, 0.4) is 0 Å². The summed E-state index contributed by atoms with van der Waals surface area (Å²) < 4.78 is 1.07. The molecule has 2 rings (SSSR count). The lowest BCUT2D eigenvalue weighted by Crippen LogP contribution is -2.12. The summed E-state index contributed by atoms with van der Waals surface area (Å²) in [5, 5.41) is 20.0. The lowest BCUT2D eigenvalue weighted by atomic mass is 9.90. The third-order valence-corrected chi connectivity index (χ3v) is 4.06. The summed E-state index contributed by atoms with van der Waals surface area (Å²) in [6.07, 6.45) is -0.932. The van der Waals surface area contributed by atoms with E-state index >= 15 is 0 Å². The molecule has 0 aliphatic rings. The molecular formula is C16H15IO3. The van der Waals surface area contributed by atoms with Crippen LogP contribution in [0.25, 0.3) is 0 Å². The second-order valence-electron chi connectivity index (χ2n) is 4.75. The molecule has 0 spiro atoms. The van der Waals surface area contributed by atoms with Crippen molar-refractivity contribution in [2.45, 2.75) is 20.0 Å². The minimum absolute atomic E-state index is 0.191. The molecular weight excluding hydrogens is 367 g/mol. The van der Waals surface area contributed by atoms with Gasteiger partial charge in [0.2, 0.25) is 0 Å². The van der Waals surface area contributed by atoms with E-state index in [2.05, 4.69) is 22.6 Å². The summed E-state index contributed by atoms with van der Waals surface area (Å²) in [4.78, 5) is 11.5. The molecule has 2 aromatic rings. The molecule has 0 fully saturated rings. The Kier molecular flexibility index (Phi) is 4.45. The number of carboxylic acids is 1. The van der Waals surface area contributed by atoms with Gasteiger partial charge in [-0.25, -0.2) is 4.79 Å². The van der Waals surface area contributed by atoms with E-state index in [1.807, 2.05) is 37.3 Å². The molecule has 2 N–H and O–H groups in total. The number of carbonyl (C=O) groups is 1. The first-order valence-corrected chi connectivity index (χ1v) is 7.26. The summed E-state index contributed by atoms with van der Waals surface area (Å²) in [5.41, 5.74) is 2.79.